The largest absolute Gasteiger partial charge is 0.387 e. The second kappa shape index (κ2) is 8.92. The van der Waals surface area contributed by atoms with E-state index in [1.54, 1.807) is 19.2 Å². The van der Waals surface area contributed by atoms with Crippen molar-refractivity contribution in [1.29, 1.82) is 0 Å². The van der Waals surface area contributed by atoms with Crippen molar-refractivity contribution in [3.05, 3.63) is 40.2 Å². The molecule has 2 amide bonds. The third-order valence-electron chi connectivity index (χ3n) is 5.96. The number of carbonyl (C=O) groups is 2. The highest BCUT2D eigenvalue weighted by Gasteiger charge is 2.35. The van der Waals surface area contributed by atoms with Crippen LogP contribution in [0.5, 0.6) is 0 Å². The molecule has 1 atom stereocenters. The summed E-state index contributed by atoms with van der Waals surface area (Å²) in [5.74, 6) is -0.728. The average molecular weight is 480 g/mol. The van der Waals surface area contributed by atoms with Crippen LogP contribution in [0, 0.1) is 0 Å². The summed E-state index contributed by atoms with van der Waals surface area (Å²) in [6.45, 7) is 4.94. The smallest absolute Gasteiger partial charge is 0.260 e. The number of fused-ring (bicyclic) bond motifs is 1. The number of hydrogen-bond acceptors (Lipinski definition) is 6. The van der Waals surface area contributed by atoms with Crippen LogP contribution in [-0.4, -0.2) is 76.2 Å². The van der Waals surface area contributed by atoms with Gasteiger partial charge in [-0.1, -0.05) is 11.6 Å². The number of hydrogen-bond donors (Lipinski definition) is 2. The zero-order valence-corrected chi connectivity index (χ0v) is 19.5. The quantitative estimate of drug-likeness (QED) is 0.659. The number of rotatable bonds is 6. The number of nitrogens with one attached hydrogen (secondary N) is 1. The first-order valence-corrected chi connectivity index (χ1v) is 11.1. The number of anilines is 2. The lowest BCUT2D eigenvalue weighted by atomic mass is 10.0. The molecule has 0 aliphatic carbocycles. The second-order valence-corrected chi connectivity index (χ2v) is 9.22. The number of nitrogens with zero attached hydrogens (tertiary/aromatic N) is 4. The number of aliphatic hydroxyl groups is 1. The number of morpholine rings is 1. The Morgan fingerprint density at radius 2 is 2.06 bits per heavy atom. The molecule has 0 saturated carbocycles. The number of aromatic nitrogens is 2. The third kappa shape index (κ3) is 4.68. The molecule has 0 unspecified atom stereocenters. The summed E-state index contributed by atoms with van der Waals surface area (Å²) in [6.07, 6.45) is -0.204. The molecule has 0 bridgehead atoms. The predicted molar refractivity (Wildman–Crippen MR) is 122 cm³/mol. The Bertz CT molecular complexity index is 1080. The third-order valence-corrected chi connectivity index (χ3v) is 6.41. The zero-order valence-electron chi connectivity index (χ0n) is 18.8. The summed E-state index contributed by atoms with van der Waals surface area (Å²) in [5, 5.41) is 17.1. The molecule has 2 aromatic rings. The van der Waals surface area contributed by atoms with E-state index < -0.39 is 17.7 Å². The molecule has 1 aromatic heterocycles. The van der Waals surface area contributed by atoms with Crippen molar-refractivity contribution in [1.82, 2.24) is 14.7 Å². The van der Waals surface area contributed by atoms with E-state index in [1.165, 1.54) is 29.6 Å². The van der Waals surface area contributed by atoms with Gasteiger partial charge in [-0.15, -0.1) is 0 Å². The maximum atomic E-state index is 14.5. The van der Waals surface area contributed by atoms with Crippen LogP contribution in [0.3, 0.4) is 0 Å². The number of alkyl halides is 1. The Labute approximate surface area is 196 Å². The molecule has 11 heteroatoms. The molecule has 3 heterocycles. The monoisotopic (exact) mass is 479 g/mol. The van der Waals surface area contributed by atoms with Gasteiger partial charge in [-0.3, -0.25) is 14.3 Å². The van der Waals surface area contributed by atoms with Crippen LogP contribution in [0.1, 0.15) is 40.1 Å². The van der Waals surface area contributed by atoms with Gasteiger partial charge in [0.15, 0.2) is 0 Å². The minimum atomic E-state index is -1.60. The predicted octanol–water partition coefficient (Wildman–Crippen LogP) is 2.23. The summed E-state index contributed by atoms with van der Waals surface area (Å²) < 4.78 is 21.3. The van der Waals surface area contributed by atoms with Crippen LogP contribution in [0.15, 0.2) is 18.3 Å². The molecule has 2 aliphatic rings. The Morgan fingerprint density at radius 3 is 2.67 bits per heavy atom. The van der Waals surface area contributed by atoms with Gasteiger partial charge in [0.2, 0.25) is 0 Å². The van der Waals surface area contributed by atoms with Gasteiger partial charge in [0.25, 0.3) is 11.8 Å². The van der Waals surface area contributed by atoms with Crippen LogP contribution in [0.2, 0.25) is 5.15 Å². The molecule has 0 spiro atoms. The van der Waals surface area contributed by atoms with Gasteiger partial charge >= 0.3 is 0 Å². The first kappa shape index (κ1) is 23.5. The lowest BCUT2D eigenvalue weighted by Crippen LogP contribution is -2.42. The SMILES string of the molecule is Cn1ncc(C(=O)Nc2cc3c(cc2N2CCOCC2)C(=O)N(C[C@@H](F)C(C)(C)O)C3)c1Cl. The molecular formula is C22H27ClFN5O4. The van der Waals surface area contributed by atoms with Crippen LogP contribution in [0.25, 0.3) is 0 Å². The number of benzene rings is 1. The van der Waals surface area contributed by atoms with E-state index in [4.69, 9.17) is 16.3 Å². The first-order chi connectivity index (χ1) is 15.6. The van der Waals surface area contributed by atoms with Crippen LogP contribution in [0.4, 0.5) is 15.8 Å². The summed E-state index contributed by atoms with van der Waals surface area (Å²) in [4.78, 5) is 29.3. The molecule has 1 aromatic carbocycles. The second-order valence-electron chi connectivity index (χ2n) is 8.86. The van der Waals surface area contributed by atoms with Gasteiger partial charge in [-0.2, -0.15) is 5.10 Å². The fourth-order valence-electron chi connectivity index (χ4n) is 3.91. The van der Waals surface area contributed by atoms with E-state index in [-0.39, 0.29) is 29.7 Å². The molecule has 33 heavy (non-hydrogen) atoms. The molecule has 2 N–H and O–H groups in total. The van der Waals surface area contributed by atoms with Gasteiger partial charge in [-0.05, 0) is 31.5 Å². The fraction of sp³-hybridized carbons (Fsp3) is 0.500. The molecule has 2 aliphatic heterocycles. The molecule has 0 radical (unpaired) electrons. The van der Waals surface area contributed by atoms with E-state index >= 15 is 0 Å². The standard InChI is InChI=1S/C22H27ClFN5O4/c1-22(2,32)18(24)12-29-11-13-8-16(26-20(30)15-10-25-27(3)19(15)23)17(9-14(13)21(29)31)28-4-6-33-7-5-28/h8-10,18,32H,4-7,11-12H2,1-3H3,(H,26,30)/t18-/m1/s1. The maximum Gasteiger partial charge on any atom is 0.260 e. The minimum absolute atomic E-state index is 0.185. The highest BCUT2D eigenvalue weighted by molar-refractivity contribution is 6.33. The number of halogens is 2. The molecular weight excluding hydrogens is 453 g/mol. The normalized spacial score (nSPS) is 17.3. The van der Waals surface area contributed by atoms with Crippen molar-refractivity contribution in [2.24, 2.45) is 7.05 Å². The first-order valence-electron chi connectivity index (χ1n) is 10.7. The zero-order chi connectivity index (χ0) is 23.9. The highest BCUT2D eigenvalue weighted by Crippen LogP contribution is 2.36. The highest BCUT2D eigenvalue weighted by atomic mass is 35.5. The number of aryl methyl sites for hydroxylation is 1. The Balaban J connectivity index is 1.66. The van der Waals surface area contributed by atoms with Crippen molar-refractivity contribution in [3.63, 3.8) is 0 Å². The van der Waals surface area contributed by atoms with E-state index in [0.717, 1.165) is 0 Å². The lowest BCUT2D eigenvalue weighted by molar-refractivity contribution is -0.0159. The number of ether oxygens (including phenoxy) is 1. The Kier molecular flexibility index (Phi) is 6.35. The summed E-state index contributed by atoms with van der Waals surface area (Å²) in [6, 6.07) is 3.48. The fourth-order valence-corrected chi connectivity index (χ4v) is 4.08. The van der Waals surface area contributed by atoms with Crippen molar-refractivity contribution in [3.8, 4) is 0 Å². The number of carbonyl (C=O) groups excluding carboxylic acids is 2. The van der Waals surface area contributed by atoms with E-state index in [9.17, 15) is 19.1 Å². The van der Waals surface area contributed by atoms with Crippen LogP contribution < -0.4 is 10.2 Å². The van der Waals surface area contributed by atoms with Crippen molar-refractivity contribution in [2.75, 3.05) is 43.1 Å². The number of amides is 2. The molecule has 9 nitrogen and oxygen atoms in total. The molecule has 178 valence electrons. The molecule has 1 fully saturated rings. The maximum absolute atomic E-state index is 14.5. The van der Waals surface area contributed by atoms with E-state index in [2.05, 4.69) is 10.4 Å². The van der Waals surface area contributed by atoms with Crippen molar-refractivity contribution in [2.45, 2.75) is 32.2 Å². The van der Waals surface area contributed by atoms with Gasteiger partial charge in [0, 0.05) is 32.2 Å². The van der Waals surface area contributed by atoms with Crippen LogP contribution >= 0.6 is 11.6 Å². The lowest BCUT2D eigenvalue weighted by Gasteiger charge is -2.31. The molecule has 4 rings (SSSR count). The Morgan fingerprint density at radius 1 is 1.36 bits per heavy atom. The van der Waals surface area contributed by atoms with Gasteiger partial charge in [0.1, 0.15) is 11.3 Å². The van der Waals surface area contributed by atoms with E-state index in [1.807, 2.05) is 4.90 Å². The van der Waals surface area contributed by atoms with Crippen molar-refractivity contribution < 1.29 is 23.8 Å². The summed E-state index contributed by atoms with van der Waals surface area (Å²) in [7, 11) is 1.64. The Hall–Kier alpha value is -2.69. The summed E-state index contributed by atoms with van der Waals surface area (Å²) >= 11 is 6.18. The van der Waals surface area contributed by atoms with Crippen LogP contribution in [-0.2, 0) is 18.3 Å². The van der Waals surface area contributed by atoms with E-state index in [0.29, 0.717) is 48.8 Å². The topological polar surface area (TPSA) is 99.9 Å². The average Bonchev–Trinajstić information content (AvgIpc) is 3.26. The molecule has 1 saturated heterocycles. The van der Waals surface area contributed by atoms with Gasteiger partial charge < -0.3 is 25.0 Å². The minimum Gasteiger partial charge on any atom is -0.387 e. The van der Waals surface area contributed by atoms with Gasteiger partial charge in [0.05, 0.1) is 48.5 Å². The van der Waals surface area contributed by atoms with Gasteiger partial charge in [-0.25, -0.2) is 4.39 Å². The summed E-state index contributed by atoms with van der Waals surface area (Å²) in [5.41, 5.74) is 1.00. The van der Waals surface area contributed by atoms with Crippen molar-refractivity contribution >= 4 is 34.8 Å².